The Morgan fingerprint density at radius 1 is 1.44 bits per heavy atom. The summed E-state index contributed by atoms with van der Waals surface area (Å²) in [4.78, 5) is 4.49. The molecule has 86 valence electrons. The van der Waals surface area contributed by atoms with Gasteiger partial charge in [-0.15, -0.1) is 0 Å². The minimum Gasteiger partial charge on any atom is -0.507 e. The highest BCUT2D eigenvalue weighted by atomic mass is 16.5. The van der Waals surface area contributed by atoms with Crippen LogP contribution in [-0.4, -0.2) is 23.7 Å². The maximum atomic E-state index is 9.92. The first-order valence-electron chi connectivity index (χ1n) is 5.59. The van der Waals surface area contributed by atoms with Gasteiger partial charge >= 0.3 is 0 Å². The number of para-hydroxylation sites is 1. The van der Waals surface area contributed by atoms with E-state index in [1.807, 2.05) is 25.1 Å². The lowest BCUT2D eigenvalue weighted by atomic mass is 10.1. The Hall–Kier alpha value is -1.51. The van der Waals surface area contributed by atoms with Crippen molar-refractivity contribution in [2.24, 2.45) is 10.9 Å². The molecule has 3 heteroatoms. The first-order chi connectivity index (χ1) is 7.59. The molecule has 2 rings (SSSR count). The minimum atomic E-state index is 0.204. The van der Waals surface area contributed by atoms with Gasteiger partial charge in [0.25, 0.3) is 0 Å². The topological polar surface area (TPSA) is 41.8 Å². The van der Waals surface area contributed by atoms with Crippen LogP contribution in [0, 0.1) is 12.8 Å². The Balaban J connectivity index is 2.32. The number of phenolic OH excluding ortho intramolecular Hbond substituents is 1. The lowest BCUT2D eigenvalue weighted by molar-refractivity contribution is 0.291. The molecule has 0 fully saturated rings. The molecule has 0 spiro atoms. The fourth-order valence-corrected chi connectivity index (χ4v) is 1.71. The van der Waals surface area contributed by atoms with Gasteiger partial charge in [-0.1, -0.05) is 26.0 Å². The van der Waals surface area contributed by atoms with E-state index in [1.165, 1.54) is 0 Å². The van der Waals surface area contributed by atoms with Crippen LogP contribution in [0.25, 0.3) is 0 Å². The maximum absolute atomic E-state index is 9.92. The van der Waals surface area contributed by atoms with Gasteiger partial charge in [0.1, 0.15) is 12.4 Å². The van der Waals surface area contributed by atoms with Crippen molar-refractivity contribution in [3.05, 3.63) is 29.3 Å². The van der Waals surface area contributed by atoms with E-state index in [0.717, 1.165) is 5.56 Å². The number of aromatic hydroxyl groups is 1. The number of hydrogen-bond donors (Lipinski definition) is 1. The van der Waals surface area contributed by atoms with Crippen LogP contribution < -0.4 is 0 Å². The van der Waals surface area contributed by atoms with E-state index < -0.39 is 0 Å². The van der Waals surface area contributed by atoms with Crippen LogP contribution >= 0.6 is 0 Å². The third-order valence-electron chi connectivity index (χ3n) is 2.91. The van der Waals surface area contributed by atoms with Crippen molar-refractivity contribution in [1.82, 2.24) is 0 Å². The van der Waals surface area contributed by atoms with Gasteiger partial charge in [0.15, 0.2) is 0 Å². The lowest BCUT2D eigenvalue weighted by Crippen LogP contribution is -2.13. The van der Waals surface area contributed by atoms with Gasteiger partial charge < -0.3 is 9.84 Å². The fourth-order valence-electron chi connectivity index (χ4n) is 1.71. The predicted molar refractivity (Wildman–Crippen MR) is 64.0 cm³/mol. The Kier molecular flexibility index (Phi) is 2.86. The molecule has 16 heavy (non-hydrogen) atoms. The zero-order valence-corrected chi connectivity index (χ0v) is 9.90. The summed E-state index contributed by atoms with van der Waals surface area (Å²) < 4.78 is 5.54. The Bertz CT molecular complexity index is 424. The largest absolute Gasteiger partial charge is 0.507 e. The van der Waals surface area contributed by atoms with Gasteiger partial charge in [0.05, 0.1) is 11.6 Å². The van der Waals surface area contributed by atoms with E-state index in [-0.39, 0.29) is 11.8 Å². The van der Waals surface area contributed by atoms with E-state index in [2.05, 4.69) is 18.8 Å². The van der Waals surface area contributed by atoms with Crippen molar-refractivity contribution < 1.29 is 9.84 Å². The van der Waals surface area contributed by atoms with Crippen molar-refractivity contribution in [3.63, 3.8) is 0 Å². The molecule has 0 amide bonds. The normalized spacial score (nSPS) is 19.8. The quantitative estimate of drug-likeness (QED) is 0.830. The second-order valence-electron chi connectivity index (χ2n) is 4.53. The summed E-state index contributed by atoms with van der Waals surface area (Å²) in [5, 5.41) is 9.92. The van der Waals surface area contributed by atoms with E-state index in [0.29, 0.717) is 24.0 Å². The third kappa shape index (κ3) is 1.90. The number of rotatable bonds is 2. The predicted octanol–water partition coefficient (Wildman–Crippen LogP) is 2.50. The maximum Gasteiger partial charge on any atom is 0.220 e. The van der Waals surface area contributed by atoms with Crippen LogP contribution in [0.15, 0.2) is 23.2 Å². The van der Waals surface area contributed by atoms with E-state index in [4.69, 9.17) is 4.74 Å². The molecule has 3 nitrogen and oxygen atoms in total. The zero-order chi connectivity index (χ0) is 11.7. The monoisotopic (exact) mass is 219 g/mol. The van der Waals surface area contributed by atoms with Crippen molar-refractivity contribution >= 4 is 5.90 Å². The number of nitrogens with zero attached hydrogens (tertiary/aromatic N) is 1. The summed E-state index contributed by atoms with van der Waals surface area (Å²) in [6, 6.07) is 5.81. The zero-order valence-electron chi connectivity index (χ0n) is 9.90. The van der Waals surface area contributed by atoms with Crippen molar-refractivity contribution in [2.75, 3.05) is 6.61 Å². The second kappa shape index (κ2) is 4.16. The van der Waals surface area contributed by atoms with Crippen LogP contribution in [0.5, 0.6) is 5.75 Å². The van der Waals surface area contributed by atoms with Crippen LogP contribution in [-0.2, 0) is 4.74 Å². The molecule has 0 aliphatic carbocycles. The lowest BCUT2D eigenvalue weighted by Gasteiger charge is -2.06. The highest BCUT2D eigenvalue weighted by Gasteiger charge is 2.24. The molecule has 0 aromatic heterocycles. The summed E-state index contributed by atoms with van der Waals surface area (Å²) in [6.45, 7) is 6.72. The van der Waals surface area contributed by atoms with Gasteiger partial charge in [-0.25, -0.2) is 4.99 Å². The number of benzene rings is 1. The first-order valence-corrected chi connectivity index (χ1v) is 5.59. The van der Waals surface area contributed by atoms with Crippen LogP contribution in [0.3, 0.4) is 0 Å². The van der Waals surface area contributed by atoms with Gasteiger partial charge in [-0.05, 0) is 24.5 Å². The smallest absolute Gasteiger partial charge is 0.220 e. The molecule has 1 aliphatic rings. The second-order valence-corrected chi connectivity index (χ2v) is 4.53. The molecule has 1 aliphatic heterocycles. The molecule has 0 saturated carbocycles. The van der Waals surface area contributed by atoms with Crippen molar-refractivity contribution in [1.29, 1.82) is 0 Å². The van der Waals surface area contributed by atoms with E-state index >= 15 is 0 Å². The number of aryl methyl sites for hydroxylation is 1. The summed E-state index contributed by atoms with van der Waals surface area (Å²) >= 11 is 0. The summed E-state index contributed by atoms with van der Waals surface area (Å²) in [5.41, 5.74) is 1.54. The number of hydrogen-bond acceptors (Lipinski definition) is 3. The highest BCUT2D eigenvalue weighted by Crippen LogP contribution is 2.26. The third-order valence-corrected chi connectivity index (χ3v) is 2.91. The Morgan fingerprint density at radius 3 is 2.81 bits per heavy atom. The number of phenols is 1. The molecule has 1 aromatic rings. The van der Waals surface area contributed by atoms with E-state index in [9.17, 15) is 5.11 Å². The van der Waals surface area contributed by atoms with Gasteiger partial charge in [0.2, 0.25) is 5.90 Å². The highest BCUT2D eigenvalue weighted by molar-refractivity contribution is 5.98. The molecule has 0 unspecified atom stereocenters. The molecule has 1 aromatic carbocycles. The summed E-state index contributed by atoms with van der Waals surface area (Å²) in [7, 11) is 0. The molecular weight excluding hydrogens is 202 g/mol. The summed E-state index contributed by atoms with van der Waals surface area (Å²) in [6.07, 6.45) is 0. The van der Waals surface area contributed by atoms with Crippen LogP contribution in [0.1, 0.15) is 25.0 Å². The first kappa shape index (κ1) is 11.0. The van der Waals surface area contributed by atoms with Gasteiger partial charge in [0, 0.05) is 0 Å². The summed E-state index contributed by atoms with van der Waals surface area (Å²) in [5.74, 6) is 1.30. The molecule has 0 saturated heterocycles. The molecular formula is C13H17NO2. The fraction of sp³-hybridized carbons (Fsp3) is 0.462. The SMILES string of the molecule is Cc1cccc(C2=N[C@@H](C(C)C)CO2)c1O. The molecule has 1 heterocycles. The minimum absolute atomic E-state index is 0.204. The molecule has 1 N–H and O–H groups in total. The van der Waals surface area contributed by atoms with Gasteiger partial charge in [-0.3, -0.25) is 0 Å². The van der Waals surface area contributed by atoms with Crippen LogP contribution in [0.2, 0.25) is 0 Å². The molecule has 0 radical (unpaired) electrons. The van der Waals surface area contributed by atoms with Gasteiger partial charge in [-0.2, -0.15) is 0 Å². The molecule has 0 bridgehead atoms. The van der Waals surface area contributed by atoms with Crippen molar-refractivity contribution in [3.8, 4) is 5.75 Å². The van der Waals surface area contributed by atoms with Crippen molar-refractivity contribution in [2.45, 2.75) is 26.8 Å². The average Bonchev–Trinajstić information content (AvgIpc) is 2.71. The number of aliphatic imine (C=N–C) groups is 1. The standard InChI is InChI=1S/C13H17NO2/c1-8(2)11-7-16-13(14-11)10-6-4-5-9(3)12(10)15/h4-6,8,11,15H,7H2,1-3H3/t11-/m1/s1. The average molecular weight is 219 g/mol. The Labute approximate surface area is 95.8 Å². The molecule has 1 atom stereocenters. The van der Waals surface area contributed by atoms with Crippen LogP contribution in [0.4, 0.5) is 0 Å². The number of ether oxygens (including phenoxy) is 1. The Morgan fingerprint density at radius 2 is 2.19 bits per heavy atom. The van der Waals surface area contributed by atoms with E-state index in [1.54, 1.807) is 0 Å².